The number of aromatic nitrogens is 11. The van der Waals surface area contributed by atoms with E-state index in [1.54, 1.807) is 44.9 Å². The molecule has 9 aromatic heterocycles. The second kappa shape index (κ2) is 26.1. The Hall–Kier alpha value is -10.5. The fourth-order valence-electron chi connectivity index (χ4n) is 7.31. The topological polar surface area (TPSA) is 333 Å². The Balaban J connectivity index is 0.000000188. The van der Waals surface area contributed by atoms with E-state index >= 15 is 0 Å². The van der Waals surface area contributed by atoms with Crippen LogP contribution in [-0.4, -0.2) is 113 Å². The van der Waals surface area contributed by atoms with E-state index in [2.05, 4.69) is 49.7 Å². The summed E-state index contributed by atoms with van der Waals surface area (Å²) in [5.41, 5.74) is 23.3. The molecule has 0 fully saturated rings. The van der Waals surface area contributed by atoms with E-state index in [-0.39, 0.29) is 75.2 Å². The lowest BCUT2D eigenvalue weighted by Gasteiger charge is -2.16. The predicted molar refractivity (Wildman–Crippen MR) is 295 cm³/mol. The van der Waals surface area contributed by atoms with Gasteiger partial charge in [0.15, 0.2) is 34.5 Å². The van der Waals surface area contributed by atoms with Crippen LogP contribution in [0, 0.1) is 6.57 Å². The largest absolute Gasteiger partial charge is 0.476 e. The number of carbonyl (C=O) groups is 2. The summed E-state index contributed by atoms with van der Waals surface area (Å²) in [4.78, 5) is 94.5. The Morgan fingerprint density at radius 3 is 1.46 bits per heavy atom. The van der Waals surface area contributed by atoms with E-state index in [1.807, 2.05) is 93.4 Å². The summed E-state index contributed by atoms with van der Waals surface area (Å²) in [5, 5.41) is 9.18. The number of pyridine rings is 5. The van der Waals surface area contributed by atoms with E-state index in [0.717, 1.165) is 28.5 Å². The number of anilines is 5. The van der Waals surface area contributed by atoms with Crippen LogP contribution in [0.15, 0.2) is 135 Å². The highest BCUT2D eigenvalue weighted by Gasteiger charge is 2.24. The number of oxazole rings is 2. The first-order valence-corrected chi connectivity index (χ1v) is 23.5. The minimum atomic E-state index is -1.31. The molecule has 9 aromatic rings. The van der Waals surface area contributed by atoms with Crippen LogP contribution < -0.4 is 43.0 Å². The second-order valence-electron chi connectivity index (χ2n) is 17.2. The summed E-state index contributed by atoms with van der Waals surface area (Å²) < 4.78 is 13.4. The number of carboxylic acid groups (broad SMARTS) is 1. The van der Waals surface area contributed by atoms with Gasteiger partial charge in [0.05, 0.1) is 40.8 Å². The zero-order valence-electron chi connectivity index (χ0n) is 43.9. The van der Waals surface area contributed by atoms with Crippen LogP contribution in [0.1, 0.15) is 38.8 Å². The molecule has 400 valence electrons. The average molecular weight is 1060 g/mol. The molecular weight excluding hydrogens is 1000 g/mol. The fourth-order valence-corrected chi connectivity index (χ4v) is 7.31. The Kier molecular flexibility index (Phi) is 19.0. The second-order valence-corrected chi connectivity index (χ2v) is 17.2. The van der Waals surface area contributed by atoms with Crippen LogP contribution in [0.4, 0.5) is 34.5 Å². The van der Waals surface area contributed by atoms with Crippen molar-refractivity contribution < 1.29 is 23.5 Å². The molecule has 0 bridgehead atoms. The molecule has 0 saturated carbocycles. The lowest BCUT2D eigenvalue weighted by atomic mass is 10.1. The number of Topliss-reactive ketones (excluding diaryl/α,β-unsaturated/α-hetero) is 1. The maximum absolute atomic E-state index is 13.1. The molecule has 9 heterocycles. The first kappa shape index (κ1) is 56.8. The van der Waals surface area contributed by atoms with Crippen molar-refractivity contribution in [3.8, 4) is 45.7 Å². The van der Waals surface area contributed by atoms with Gasteiger partial charge in [-0.3, -0.25) is 24.4 Å². The molecule has 78 heavy (non-hydrogen) atoms. The molecule has 0 radical (unpaired) electrons. The number of aromatic carboxylic acids is 1. The van der Waals surface area contributed by atoms with E-state index in [1.165, 1.54) is 58.5 Å². The number of hydrogen-bond acceptors (Lipinski definition) is 21. The van der Waals surface area contributed by atoms with Gasteiger partial charge < -0.3 is 59.8 Å². The average Bonchev–Trinajstić information content (AvgIpc) is 4.19. The number of nitrogen functional groups attached to an aromatic ring is 2. The highest BCUT2D eigenvalue weighted by molar-refractivity contribution is 5.99. The van der Waals surface area contributed by atoms with E-state index in [0.29, 0.717) is 35.6 Å². The quantitative estimate of drug-likeness (QED) is 0.0825. The molecule has 0 unspecified atom stereocenters. The van der Waals surface area contributed by atoms with Crippen LogP contribution in [0.5, 0.6) is 0 Å². The lowest BCUT2D eigenvalue weighted by molar-refractivity contribution is 0.0691. The number of carboxylic acids is 1. The van der Waals surface area contributed by atoms with Crippen molar-refractivity contribution in [1.82, 2.24) is 54.0 Å². The fraction of sp³-hybridized carbons (Fsp3) is 0.208. The molecule has 9 rings (SSSR count). The first-order valence-electron chi connectivity index (χ1n) is 23.5. The van der Waals surface area contributed by atoms with Gasteiger partial charge in [0.2, 0.25) is 22.9 Å². The summed E-state index contributed by atoms with van der Waals surface area (Å²) in [6.07, 6.45) is 14.4. The maximum Gasteiger partial charge on any atom is 0.358 e. The Morgan fingerprint density at radius 2 is 1.05 bits per heavy atom. The van der Waals surface area contributed by atoms with E-state index in [4.69, 9.17) is 32.6 Å². The highest BCUT2D eigenvalue weighted by Crippen LogP contribution is 2.32. The van der Waals surface area contributed by atoms with Gasteiger partial charge in [-0.15, -0.1) is 4.98 Å². The van der Waals surface area contributed by atoms with Gasteiger partial charge >= 0.3 is 5.97 Å². The molecule has 0 atom stereocenters. The first-order chi connectivity index (χ1) is 37.3. The molecule has 0 spiro atoms. The zero-order valence-corrected chi connectivity index (χ0v) is 43.9. The number of hydrogen-bond donors (Lipinski definition) is 4. The monoisotopic (exact) mass is 1060 g/mol. The van der Waals surface area contributed by atoms with Gasteiger partial charge in [-0.25, -0.2) is 34.7 Å². The maximum atomic E-state index is 13.1. The number of carbonyl (C=O) groups excluding carboxylic acids is 1. The van der Waals surface area contributed by atoms with Crippen molar-refractivity contribution in [2.45, 2.75) is 19.4 Å². The van der Waals surface area contributed by atoms with Crippen LogP contribution in [-0.2, 0) is 27.1 Å². The van der Waals surface area contributed by atoms with E-state index in [9.17, 15) is 24.3 Å². The molecule has 0 aromatic carbocycles. The standard InChI is InChI=1S/C23H23N7O3.C14H11N5O4.C8H9N3.C8H13N3/c1-29(2)16-5-4-10-25-15(16)7-8-17(31)20-22(24)28-21(23-26-11-12-33-23)19(27-20)14-6-9-18(32)30(3)13-14;1-19-6-7(2-3-8(19)20)9-10(13-16-4-5-23-13)18-12(15)11(17-9)14(21)22;1-9-8-7(11(2)3)5-4-6-10-8;1-11(2)8-4-3-5-10-7(8)6-9/h4-6,9-13H,7-8H2,1-3H3,(H2,24,28);2-6H,1H3,(H2,15,18)(H,21,22);4-6H,2-3H3;3-5H,6,9H2,1-2H3. The third kappa shape index (κ3) is 14.0. The molecule has 0 saturated heterocycles. The number of rotatable bonds is 13. The lowest BCUT2D eigenvalue weighted by Crippen LogP contribution is -2.16. The molecule has 25 nitrogen and oxygen atoms in total. The van der Waals surface area contributed by atoms with Gasteiger partial charge in [0.25, 0.3) is 5.82 Å². The van der Waals surface area contributed by atoms with Crippen molar-refractivity contribution in [3.05, 3.63) is 171 Å². The number of nitrogens with zero attached hydrogens (tertiary/aromatic N) is 15. The van der Waals surface area contributed by atoms with Crippen molar-refractivity contribution in [2.75, 3.05) is 68.5 Å². The zero-order chi connectivity index (χ0) is 56.6. The van der Waals surface area contributed by atoms with Crippen molar-refractivity contribution in [2.24, 2.45) is 19.8 Å². The van der Waals surface area contributed by atoms with Gasteiger partial charge in [0.1, 0.15) is 35.8 Å². The normalized spacial score (nSPS) is 10.4. The van der Waals surface area contributed by atoms with E-state index < -0.39 is 5.97 Å². The summed E-state index contributed by atoms with van der Waals surface area (Å²) >= 11 is 0. The number of aryl methyl sites for hydroxylation is 3. The smallest absolute Gasteiger partial charge is 0.358 e. The van der Waals surface area contributed by atoms with Crippen molar-refractivity contribution in [1.29, 1.82) is 0 Å². The summed E-state index contributed by atoms with van der Waals surface area (Å²) in [6.45, 7) is 7.31. The third-order valence-electron chi connectivity index (χ3n) is 11.1. The molecule has 0 amide bonds. The van der Waals surface area contributed by atoms with Gasteiger partial charge in [0, 0.05) is 117 Å². The van der Waals surface area contributed by atoms with Crippen LogP contribution >= 0.6 is 0 Å². The molecule has 7 N–H and O–H groups in total. The molecule has 0 aliphatic carbocycles. The molecule has 25 heteroatoms. The van der Waals surface area contributed by atoms with Crippen molar-refractivity contribution in [3.63, 3.8) is 0 Å². The Morgan fingerprint density at radius 1 is 0.603 bits per heavy atom. The summed E-state index contributed by atoms with van der Waals surface area (Å²) in [7, 11) is 14.8. The minimum Gasteiger partial charge on any atom is -0.476 e. The predicted octanol–water partition coefficient (Wildman–Crippen LogP) is 5.44. The van der Waals surface area contributed by atoms with Gasteiger partial charge in [-0.1, -0.05) is 6.57 Å². The highest BCUT2D eigenvalue weighted by atomic mass is 16.4. The van der Waals surface area contributed by atoms with Crippen molar-refractivity contribution >= 4 is 46.3 Å². The van der Waals surface area contributed by atoms with Crippen LogP contribution in [0.2, 0.25) is 0 Å². The summed E-state index contributed by atoms with van der Waals surface area (Å²) in [6, 6.07) is 17.3. The van der Waals surface area contributed by atoms with Crippen LogP contribution in [0.3, 0.4) is 0 Å². The van der Waals surface area contributed by atoms with Gasteiger partial charge in [-0.05, 0) is 55.0 Å². The SMILES string of the molecule is CN(C)c1cccnc1CCC(=O)c1nc(-c2ccc(=O)n(C)c2)c(-c2ncco2)nc1N.CN(C)c1cccnc1CN.Cn1cc(-c2nc(C(=O)O)c(N)nc2-c2ncco2)ccc1=O.[C-]#[N+]c1ncccc1N(C)C. The Labute approximate surface area is 447 Å². The summed E-state index contributed by atoms with van der Waals surface area (Å²) in [5.74, 6) is -1.03. The molecule has 0 aliphatic rings. The molecular formula is C53H56N18O7. The van der Waals surface area contributed by atoms with Crippen LogP contribution in [0.25, 0.3) is 50.5 Å². The molecule has 0 aliphatic heterocycles. The number of ketones is 1. The van der Waals surface area contributed by atoms with Gasteiger partial charge in [-0.2, -0.15) is 0 Å². The Bertz CT molecular complexity index is 3680. The minimum absolute atomic E-state index is 0.0179. The number of nitrogens with two attached hydrogens (primary N) is 3. The third-order valence-corrected chi connectivity index (χ3v) is 11.1.